The van der Waals surface area contributed by atoms with E-state index in [-0.39, 0.29) is 5.41 Å². The minimum absolute atomic E-state index is 0.0320. The van der Waals surface area contributed by atoms with Gasteiger partial charge in [0.1, 0.15) is 12.1 Å². The highest BCUT2D eigenvalue weighted by molar-refractivity contribution is 6.35. The molecule has 4 amide bonds. The summed E-state index contributed by atoms with van der Waals surface area (Å²) in [4.78, 5) is 38.8. The number of rotatable bonds is 4. The van der Waals surface area contributed by atoms with Crippen molar-refractivity contribution in [3.63, 3.8) is 0 Å². The first kappa shape index (κ1) is 22.1. The summed E-state index contributed by atoms with van der Waals surface area (Å²) in [6.45, 7) is 7.50. The monoisotopic (exact) mass is 447 g/mol. The first-order valence-corrected chi connectivity index (χ1v) is 10.2. The zero-order valence-corrected chi connectivity index (χ0v) is 18.7. The standard InChI is InChI=1S/C22H23Cl2N3O3/c1-21(2,3)13-5-7-14(8-6-13)22(4)19(29)27(20(30)26-22)12-18(28)25-17-10-15(23)9-16(24)11-17/h5-11H,12H2,1-4H3,(H,25,28)(H,26,30). The van der Waals surface area contributed by atoms with Crippen molar-refractivity contribution in [2.45, 2.75) is 38.6 Å². The summed E-state index contributed by atoms with van der Waals surface area (Å²) in [7, 11) is 0. The number of nitrogens with one attached hydrogen (secondary N) is 2. The van der Waals surface area contributed by atoms with Gasteiger partial charge in [-0.3, -0.25) is 14.5 Å². The summed E-state index contributed by atoms with van der Waals surface area (Å²) < 4.78 is 0. The zero-order chi connectivity index (χ0) is 22.3. The second-order valence-corrected chi connectivity index (χ2v) is 9.35. The molecule has 2 aromatic carbocycles. The average Bonchev–Trinajstić information content (AvgIpc) is 2.84. The fourth-order valence-corrected chi connectivity index (χ4v) is 3.84. The van der Waals surface area contributed by atoms with Gasteiger partial charge in [0.05, 0.1) is 0 Å². The van der Waals surface area contributed by atoms with Crippen molar-refractivity contribution < 1.29 is 14.4 Å². The van der Waals surface area contributed by atoms with Crippen molar-refractivity contribution in [1.82, 2.24) is 10.2 Å². The molecule has 0 bridgehead atoms. The summed E-state index contributed by atoms with van der Waals surface area (Å²) in [5.41, 5.74) is 0.870. The van der Waals surface area contributed by atoms with Gasteiger partial charge in [-0.2, -0.15) is 0 Å². The molecule has 1 atom stereocenters. The molecule has 3 rings (SSSR count). The number of amides is 4. The van der Waals surface area contributed by atoms with E-state index in [9.17, 15) is 14.4 Å². The zero-order valence-electron chi connectivity index (χ0n) is 17.2. The van der Waals surface area contributed by atoms with Gasteiger partial charge in [0, 0.05) is 15.7 Å². The van der Waals surface area contributed by atoms with Crippen LogP contribution in [-0.4, -0.2) is 29.3 Å². The van der Waals surface area contributed by atoms with E-state index in [0.717, 1.165) is 10.5 Å². The fraction of sp³-hybridized carbons (Fsp3) is 0.318. The molecule has 0 aliphatic carbocycles. The predicted molar refractivity (Wildman–Crippen MR) is 118 cm³/mol. The third kappa shape index (κ3) is 4.45. The van der Waals surface area contributed by atoms with Crippen molar-refractivity contribution >= 4 is 46.7 Å². The molecule has 0 saturated carbocycles. The Labute approximate surface area is 185 Å². The number of hydrogen-bond donors (Lipinski definition) is 2. The quantitative estimate of drug-likeness (QED) is 0.666. The maximum atomic E-state index is 13.0. The Morgan fingerprint density at radius 3 is 2.17 bits per heavy atom. The lowest BCUT2D eigenvalue weighted by Crippen LogP contribution is -2.42. The molecular formula is C22H23Cl2N3O3. The number of anilines is 1. The van der Waals surface area contributed by atoms with Crippen molar-refractivity contribution in [3.05, 3.63) is 63.6 Å². The normalized spacial score (nSPS) is 19.1. The van der Waals surface area contributed by atoms with Gasteiger partial charge in [-0.1, -0.05) is 68.2 Å². The minimum Gasteiger partial charge on any atom is -0.324 e. The Kier molecular flexibility index (Phi) is 5.85. The number of urea groups is 1. The van der Waals surface area contributed by atoms with Gasteiger partial charge < -0.3 is 10.6 Å². The van der Waals surface area contributed by atoms with Crippen LogP contribution >= 0.6 is 23.2 Å². The summed E-state index contributed by atoms with van der Waals surface area (Å²) in [5.74, 6) is -1.03. The van der Waals surface area contributed by atoms with Crippen LogP contribution in [0.4, 0.5) is 10.5 Å². The van der Waals surface area contributed by atoms with E-state index in [4.69, 9.17) is 23.2 Å². The number of nitrogens with zero attached hydrogens (tertiary/aromatic N) is 1. The number of hydrogen-bond acceptors (Lipinski definition) is 3. The topological polar surface area (TPSA) is 78.5 Å². The molecule has 0 spiro atoms. The van der Waals surface area contributed by atoms with Crippen LogP contribution in [0.1, 0.15) is 38.8 Å². The van der Waals surface area contributed by atoms with Gasteiger partial charge in [-0.15, -0.1) is 0 Å². The van der Waals surface area contributed by atoms with Crippen molar-refractivity contribution in [3.8, 4) is 0 Å². The van der Waals surface area contributed by atoms with E-state index in [1.165, 1.54) is 18.2 Å². The third-order valence-corrected chi connectivity index (χ3v) is 5.49. The van der Waals surface area contributed by atoms with Crippen LogP contribution in [0.2, 0.25) is 10.0 Å². The maximum Gasteiger partial charge on any atom is 0.325 e. The molecule has 0 aromatic heterocycles. The van der Waals surface area contributed by atoms with E-state index in [1.54, 1.807) is 6.92 Å². The van der Waals surface area contributed by atoms with Crippen LogP contribution in [0.3, 0.4) is 0 Å². The largest absolute Gasteiger partial charge is 0.325 e. The van der Waals surface area contributed by atoms with Gasteiger partial charge in [0.25, 0.3) is 5.91 Å². The first-order chi connectivity index (χ1) is 13.9. The molecular weight excluding hydrogens is 425 g/mol. The fourth-order valence-electron chi connectivity index (χ4n) is 3.31. The lowest BCUT2D eigenvalue weighted by atomic mass is 9.84. The van der Waals surface area contributed by atoms with Gasteiger partial charge in [-0.05, 0) is 41.7 Å². The summed E-state index contributed by atoms with van der Waals surface area (Å²) in [6, 6.07) is 11.5. The van der Waals surface area contributed by atoms with E-state index < -0.39 is 29.9 Å². The van der Waals surface area contributed by atoms with Gasteiger partial charge in [0.15, 0.2) is 0 Å². The molecule has 1 unspecified atom stereocenters. The van der Waals surface area contributed by atoms with Crippen LogP contribution in [-0.2, 0) is 20.5 Å². The summed E-state index contributed by atoms with van der Waals surface area (Å²) in [6.07, 6.45) is 0. The third-order valence-electron chi connectivity index (χ3n) is 5.05. The van der Waals surface area contributed by atoms with Crippen molar-refractivity contribution in [2.24, 2.45) is 0 Å². The SMILES string of the molecule is CC(C)(C)c1ccc(C2(C)NC(=O)N(CC(=O)Nc3cc(Cl)cc(Cl)c3)C2=O)cc1. The molecule has 1 aliphatic heterocycles. The average molecular weight is 448 g/mol. The van der Waals surface area contributed by atoms with Crippen LogP contribution in [0, 0.1) is 0 Å². The van der Waals surface area contributed by atoms with Crippen LogP contribution in [0.15, 0.2) is 42.5 Å². The number of carbonyl (C=O) groups excluding carboxylic acids is 3. The van der Waals surface area contributed by atoms with E-state index in [1.807, 2.05) is 24.3 Å². The molecule has 1 aliphatic rings. The molecule has 158 valence electrons. The van der Waals surface area contributed by atoms with Crippen molar-refractivity contribution in [2.75, 3.05) is 11.9 Å². The highest BCUT2D eigenvalue weighted by Gasteiger charge is 2.49. The lowest BCUT2D eigenvalue weighted by Gasteiger charge is -2.24. The van der Waals surface area contributed by atoms with E-state index in [0.29, 0.717) is 21.3 Å². The maximum absolute atomic E-state index is 13.0. The van der Waals surface area contributed by atoms with Crippen LogP contribution in [0.5, 0.6) is 0 Å². The molecule has 30 heavy (non-hydrogen) atoms. The van der Waals surface area contributed by atoms with Gasteiger partial charge >= 0.3 is 6.03 Å². The Balaban J connectivity index is 1.76. The Morgan fingerprint density at radius 2 is 1.63 bits per heavy atom. The highest BCUT2D eigenvalue weighted by atomic mass is 35.5. The Hall–Kier alpha value is -2.57. The van der Waals surface area contributed by atoms with E-state index in [2.05, 4.69) is 31.4 Å². The Bertz CT molecular complexity index is 995. The summed E-state index contributed by atoms with van der Waals surface area (Å²) in [5, 5.41) is 6.03. The second-order valence-electron chi connectivity index (χ2n) is 8.48. The molecule has 1 fully saturated rings. The van der Waals surface area contributed by atoms with E-state index >= 15 is 0 Å². The molecule has 0 radical (unpaired) electrons. The number of benzene rings is 2. The molecule has 1 heterocycles. The van der Waals surface area contributed by atoms with Gasteiger partial charge in [0.2, 0.25) is 5.91 Å². The molecule has 2 N–H and O–H groups in total. The molecule has 2 aromatic rings. The minimum atomic E-state index is -1.24. The van der Waals surface area contributed by atoms with Crippen LogP contribution in [0.25, 0.3) is 0 Å². The highest BCUT2D eigenvalue weighted by Crippen LogP contribution is 2.31. The smallest absolute Gasteiger partial charge is 0.324 e. The number of halogens is 2. The van der Waals surface area contributed by atoms with Crippen LogP contribution < -0.4 is 10.6 Å². The molecule has 6 nitrogen and oxygen atoms in total. The Morgan fingerprint density at radius 1 is 1.07 bits per heavy atom. The van der Waals surface area contributed by atoms with Crippen molar-refractivity contribution in [1.29, 1.82) is 0 Å². The van der Waals surface area contributed by atoms with Gasteiger partial charge in [-0.25, -0.2) is 4.79 Å². The number of carbonyl (C=O) groups is 3. The lowest BCUT2D eigenvalue weighted by molar-refractivity contribution is -0.133. The predicted octanol–water partition coefficient (Wildman–Crippen LogP) is 4.70. The first-order valence-electron chi connectivity index (χ1n) is 9.41. The number of imide groups is 1. The molecule has 1 saturated heterocycles. The molecule has 8 heteroatoms. The second kappa shape index (κ2) is 7.93. The summed E-state index contributed by atoms with van der Waals surface area (Å²) >= 11 is 11.9.